The van der Waals surface area contributed by atoms with Crippen molar-refractivity contribution in [1.29, 1.82) is 0 Å². The van der Waals surface area contributed by atoms with E-state index in [9.17, 15) is 4.79 Å². The number of amides is 1. The lowest BCUT2D eigenvalue weighted by Crippen LogP contribution is -2.50. The van der Waals surface area contributed by atoms with Crippen LogP contribution in [0.15, 0.2) is 0 Å². The molecule has 3 nitrogen and oxygen atoms in total. The molecule has 128 valence electrons. The maximum Gasteiger partial charge on any atom is 0.226 e. The van der Waals surface area contributed by atoms with Gasteiger partial charge >= 0.3 is 0 Å². The molecule has 2 rings (SSSR count). The van der Waals surface area contributed by atoms with Crippen LogP contribution in [0.25, 0.3) is 0 Å². The van der Waals surface area contributed by atoms with Gasteiger partial charge in [0, 0.05) is 31.6 Å². The average molecular weight is 309 g/mol. The highest BCUT2D eigenvalue weighted by atomic mass is 16.2. The normalized spacial score (nSPS) is 29.8. The first-order valence-corrected chi connectivity index (χ1v) is 9.46. The van der Waals surface area contributed by atoms with Crippen molar-refractivity contribution in [1.82, 2.24) is 9.80 Å². The van der Waals surface area contributed by atoms with Crippen LogP contribution in [-0.2, 0) is 4.79 Å². The molecule has 1 unspecified atom stereocenters. The number of hydrogen-bond donors (Lipinski definition) is 0. The first-order valence-electron chi connectivity index (χ1n) is 9.46. The fourth-order valence-corrected chi connectivity index (χ4v) is 4.22. The van der Waals surface area contributed by atoms with Gasteiger partial charge in [-0.25, -0.2) is 0 Å². The Bertz CT molecular complexity index is 360. The molecule has 0 spiro atoms. The predicted molar refractivity (Wildman–Crippen MR) is 92.7 cm³/mol. The molecule has 2 fully saturated rings. The summed E-state index contributed by atoms with van der Waals surface area (Å²) in [5, 5.41) is 0. The number of carbonyl (C=O) groups is 1. The lowest BCUT2D eigenvalue weighted by atomic mass is 9.83. The van der Waals surface area contributed by atoms with Crippen LogP contribution in [0.1, 0.15) is 60.3 Å². The van der Waals surface area contributed by atoms with Gasteiger partial charge in [-0.1, -0.05) is 27.7 Å². The van der Waals surface area contributed by atoms with E-state index in [0.717, 1.165) is 44.4 Å². The molecule has 0 aromatic rings. The van der Waals surface area contributed by atoms with Crippen molar-refractivity contribution in [3.05, 3.63) is 0 Å². The minimum absolute atomic E-state index is 0.260. The van der Waals surface area contributed by atoms with Gasteiger partial charge in [-0.05, 0) is 56.9 Å². The van der Waals surface area contributed by atoms with Gasteiger partial charge in [0.25, 0.3) is 0 Å². The topological polar surface area (TPSA) is 23.6 Å². The molecule has 2 saturated heterocycles. The van der Waals surface area contributed by atoms with Gasteiger partial charge in [0.15, 0.2) is 0 Å². The van der Waals surface area contributed by atoms with E-state index in [-0.39, 0.29) is 5.92 Å². The van der Waals surface area contributed by atoms with E-state index in [1.807, 2.05) is 0 Å². The van der Waals surface area contributed by atoms with Crippen LogP contribution < -0.4 is 0 Å². The summed E-state index contributed by atoms with van der Waals surface area (Å²) in [6.45, 7) is 15.6. The van der Waals surface area contributed by atoms with Gasteiger partial charge in [-0.2, -0.15) is 0 Å². The van der Waals surface area contributed by atoms with E-state index in [1.54, 1.807) is 0 Å². The number of piperidine rings is 2. The maximum absolute atomic E-state index is 12.9. The number of rotatable bonds is 4. The zero-order chi connectivity index (χ0) is 16.3. The Morgan fingerprint density at radius 3 is 2.23 bits per heavy atom. The lowest BCUT2D eigenvalue weighted by Gasteiger charge is -2.42. The first-order chi connectivity index (χ1) is 10.4. The summed E-state index contributed by atoms with van der Waals surface area (Å²) >= 11 is 0. The minimum atomic E-state index is 0.260. The van der Waals surface area contributed by atoms with Crippen LogP contribution in [0.4, 0.5) is 0 Å². The molecule has 22 heavy (non-hydrogen) atoms. The van der Waals surface area contributed by atoms with Crippen LogP contribution in [-0.4, -0.2) is 47.9 Å². The monoisotopic (exact) mass is 308 g/mol. The fraction of sp³-hybridized carbons (Fsp3) is 0.947. The summed E-state index contributed by atoms with van der Waals surface area (Å²) in [6.07, 6.45) is 4.65. The van der Waals surface area contributed by atoms with Crippen LogP contribution in [0.5, 0.6) is 0 Å². The van der Waals surface area contributed by atoms with Crippen molar-refractivity contribution < 1.29 is 4.79 Å². The molecule has 2 heterocycles. The summed E-state index contributed by atoms with van der Waals surface area (Å²) in [5.41, 5.74) is 0. The van der Waals surface area contributed by atoms with Crippen LogP contribution in [0.3, 0.4) is 0 Å². The molecular weight excluding hydrogens is 272 g/mol. The van der Waals surface area contributed by atoms with Gasteiger partial charge in [0.1, 0.15) is 0 Å². The van der Waals surface area contributed by atoms with E-state index < -0.39 is 0 Å². The van der Waals surface area contributed by atoms with Gasteiger partial charge < -0.3 is 9.80 Å². The van der Waals surface area contributed by atoms with Crippen molar-refractivity contribution in [2.24, 2.45) is 23.7 Å². The first kappa shape index (κ1) is 17.8. The van der Waals surface area contributed by atoms with Crippen molar-refractivity contribution in [2.45, 2.75) is 66.3 Å². The molecular formula is C19H36N2O. The van der Waals surface area contributed by atoms with Crippen LogP contribution in [0.2, 0.25) is 0 Å². The van der Waals surface area contributed by atoms with Crippen molar-refractivity contribution in [3.8, 4) is 0 Å². The molecule has 2 aliphatic heterocycles. The van der Waals surface area contributed by atoms with E-state index in [1.165, 1.54) is 19.3 Å². The Balaban J connectivity index is 1.86. The van der Waals surface area contributed by atoms with Crippen LogP contribution in [0, 0.1) is 23.7 Å². The Kier molecular flexibility index (Phi) is 6.31. The highest BCUT2D eigenvalue weighted by Gasteiger charge is 2.36. The zero-order valence-electron chi connectivity index (χ0n) is 15.3. The average Bonchev–Trinajstić information content (AvgIpc) is 2.53. The number of carbonyl (C=O) groups excluding carboxylic acids is 1. The maximum atomic E-state index is 12.9. The van der Waals surface area contributed by atoms with Crippen molar-refractivity contribution in [2.75, 3.05) is 26.2 Å². The Morgan fingerprint density at radius 2 is 1.73 bits per heavy atom. The molecule has 0 bridgehead atoms. The highest BCUT2D eigenvalue weighted by Crippen LogP contribution is 2.30. The van der Waals surface area contributed by atoms with Gasteiger partial charge in [-0.15, -0.1) is 0 Å². The standard InChI is InChI=1S/C19H36N2O/c1-6-16(5)21-12-9-18(15(4)13-21)19(22)20-10-7-17(8-11-20)14(2)3/h14-18H,6-13H2,1-5H3/t15-,16?,18+/m0/s1. The van der Waals surface area contributed by atoms with E-state index in [2.05, 4.69) is 44.4 Å². The second kappa shape index (κ2) is 7.81. The third-order valence-electron chi connectivity index (χ3n) is 6.26. The van der Waals surface area contributed by atoms with Gasteiger partial charge in [0.2, 0.25) is 5.91 Å². The SMILES string of the molecule is CCC(C)N1CC[C@@H](C(=O)N2CCC(C(C)C)CC2)[C@@H](C)C1. The molecule has 0 aromatic heterocycles. The zero-order valence-corrected chi connectivity index (χ0v) is 15.3. The summed E-state index contributed by atoms with van der Waals surface area (Å²) in [7, 11) is 0. The minimum Gasteiger partial charge on any atom is -0.342 e. The van der Waals surface area contributed by atoms with Gasteiger partial charge in [0.05, 0.1) is 0 Å². The highest BCUT2D eigenvalue weighted by molar-refractivity contribution is 5.79. The second-order valence-corrected chi connectivity index (χ2v) is 8.03. The van der Waals surface area contributed by atoms with Gasteiger partial charge in [-0.3, -0.25) is 4.79 Å². The van der Waals surface area contributed by atoms with Crippen LogP contribution >= 0.6 is 0 Å². The molecule has 0 aliphatic carbocycles. The molecule has 0 aromatic carbocycles. The molecule has 0 N–H and O–H groups in total. The third kappa shape index (κ3) is 4.04. The summed E-state index contributed by atoms with van der Waals surface area (Å²) < 4.78 is 0. The van der Waals surface area contributed by atoms with E-state index >= 15 is 0 Å². The predicted octanol–water partition coefficient (Wildman–Crippen LogP) is 3.64. The smallest absolute Gasteiger partial charge is 0.226 e. The molecule has 3 heteroatoms. The van der Waals surface area contributed by atoms with Crippen molar-refractivity contribution in [3.63, 3.8) is 0 Å². The molecule has 3 atom stereocenters. The number of nitrogens with zero attached hydrogens (tertiary/aromatic N) is 2. The lowest BCUT2D eigenvalue weighted by molar-refractivity contribution is -0.141. The molecule has 2 aliphatic rings. The fourth-order valence-electron chi connectivity index (χ4n) is 4.22. The molecule has 0 saturated carbocycles. The Hall–Kier alpha value is -0.570. The molecule has 1 amide bonds. The summed E-state index contributed by atoms with van der Waals surface area (Å²) in [6, 6.07) is 0.653. The van der Waals surface area contributed by atoms with E-state index in [4.69, 9.17) is 0 Å². The Morgan fingerprint density at radius 1 is 1.09 bits per heavy atom. The number of likely N-dealkylation sites (tertiary alicyclic amines) is 2. The summed E-state index contributed by atoms with van der Waals surface area (Å²) in [5.74, 6) is 2.77. The van der Waals surface area contributed by atoms with Crippen molar-refractivity contribution >= 4 is 5.91 Å². The largest absolute Gasteiger partial charge is 0.342 e. The second-order valence-electron chi connectivity index (χ2n) is 8.03. The van der Waals surface area contributed by atoms with E-state index in [0.29, 0.717) is 17.9 Å². The molecule has 0 radical (unpaired) electrons. The third-order valence-corrected chi connectivity index (χ3v) is 6.26. The Labute approximate surface area is 137 Å². The summed E-state index contributed by atoms with van der Waals surface area (Å²) in [4.78, 5) is 17.6. The number of hydrogen-bond acceptors (Lipinski definition) is 2. The quantitative estimate of drug-likeness (QED) is 0.791.